The van der Waals surface area contributed by atoms with Crippen LogP contribution in [0.3, 0.4) is 0 Å². The Morgan fingerprint density at radius 2 is 2.00 bits per heavy atom. The topological polar surface area (TPSA) is 38.5 Å². The van der Waals surface area contributed by atoms with Crippen LogP contribution in [0.5, 0.6) is 0 Å². The fraction of sp³-hybridized carbons (Fsp3) is 0.636. The Hall–Kier alpha value is -0.960. The number of nitrogens with two attached hydrogens (primary N) is 1. The minimum atomic E-state index is 0.775. The summed E-state index contributed by atoms with van der Waals surface area (Å²) in [6.45, 7) is 11.5. The first-order valence-corrected chi connectivity index (χ1v) is 5.14. The SMILES string of the molecule is C=C(/C(N)=C(\C)CC)N1CCOCC1. The molecule has 0 atom stereocenters. The average molecular weight is 196 g/mol. The molecule has 1 saturated heterocycles. The molecular weight excluding hydrogens is 176 g/mol. The Morgan fingerprint density at radius 3 is 2.50 bits per heavy atom. The van der Waals surface area contributed by atoms with Crippen LogP contribution < -0.4 is 5.73 Å². The highest BCUT2D eigenvalue weighted by molar-refractivity contribution is 5.28. The van der Waals surface area contributed by atoms with Gasteiger partial charge in [-0.05, 0) is 18.9 Å². The van der Waals surface area contributed by atoms with E-state index in [1.165, 1.54) is 5.57 Å². The highest BCUT2D eigenvalue weighted by atomic mass is 16.5. The zero-order valence-electron chi connectivity index (χ0n) is 9.18. The van der Waals surface area contributed by atoms with Crippen LogP contribution in [0.2, 0.25) is 0 Å². The van der Waals surface area contributed by atoms with Crippen LogP contribution in [0.1, 0.15) is 20.3 Å². The van der Waals surface area contributed by atoms with Gasteiger partial charge < -0.3 is 15.4 Å². The van der Waals surface area contributed by atoms with E-state index in [2.05, 4.69) is 25.3 Å². The van der Waals surface area contributed by atoms with Gasteiger partial charge in [0.05, 0.1) is 24.6 Å². The monoisotopic (exact) mass is 196 g/mol. The van der Waals surface area contributed by atoms with Crippen molar-refractivity contribution < 1.29 is 4.74 Å². The minimum Gasteiger partial charge on any atom is -0.397 e. The Bertz CT molecular complexity index is 240. The van der Waals surface area contributed by atoms with E-state index < -0.39 is 0 Å². The van der Waals surface area contributed by atoms with Crippen molar-refractivity contribution in [3.8, 4) is 0 Å². The van der Waals surface area contributed by atoms with Gasteiger partial charge in [0.25, 0.3) is 0 Å². The molecule has 1 heterocycles. The van der Waals surface area contributed by atoms with Crippen molar-refractivity contribution in [1.82, 2.24) is 4.90 Å². The molecule has 1 aliphatic rings. The Morgan fingerprint density at radius 1 is 1.43 bits per heavy atom. The largest absolute Gasteiger partial charge is 0.397 e. The molecule has 0 saturated carbocycles. The molecule has 14 heavy (non-hydrogen) atoms. The lowest BCUT2D eigenvalue weighted by molar-refractivity contribution is 0.0548. The van der Waals surface area contributed by atoms with Crippen molar-refractivity contribution in [3.63, 3.8) is 0 Å². The second kappa shape index (κ2) is 5.05. The molecule has 3 heteroatoms. The first-order valence-electron chi connectivity index (χ1n) is 5.14. The third-order valence-electron chi connectivity index (χ3n) is 2.69. The van der Waals surface area contributed by atoms with Crippen LogP contribution in [0.15, 0.2) is 23.5 Å². The Labute approximate surface area is 86.2 Å². The smallest absolute Gasteiger partial charge is 0.0642 e. The lowest BCUT2D eigenvalue weighted by atomic mass is 10.1. The zero-order valence-corrected chi connectivity index (χ0v) is 9.18. The van der Waals surface area contributed by atoms with Crippen LogP contribution in [0.4, 0.5) is 0 Å². The highest BCUT2D eigenvalue weighted by Gasteiger charge is 2.14. The molecule has 1 rings (SSSR count). The summed E-state index contributed by atoms with van der Waals surface area (Å²) in [4.78, 5) is 2.19. The van der Waals surface area contributed by atoms with Gasteiger partial charge >= 0.3 is 0 Å². The fourth-order valence-corrected chi connectivity index (χ4v) is 1.44. The molecule has 0 aromatic heterocycles. The molecule has 0 radical (unpaired) electrons. The standard InChI is InChI=1S/C11H20N2O/c1-4-9(2)11(12)10(3)13-5-7-14-8-6-13/h3-8,12H2,1-2H3/b11-9-. The van der Waals surface area contributed by atoms with Crippen LogP contribution in [0, 0.1) is 0 Å². The molecule has 2 N–H and O–H groups in total. The highest BCUT2D eigenvalue weighted by Crippen LogP contribution is 2.15. The van der Waals surface area contributed by atoms with Crippen molar-refractivity contribution in [2.45, 2.75) is 20.3 Å². The number of morpholine rings is 1. The van der Waals surface area contributed by atoms with Crippen molar-refractivity contribution >= 4 is 0 Å². The summed E-state index contributed by atoms with van der Waals surface area (Å²) in [5.74, 6) is 0. The van der Waals surface area contributed by atoms with Crippen LogP contribution in [-0.2, 0) is 4.74 Å². The van der Waals surface area contributed by atoms with Gasteiger partial charge in [-0.25, -0.2) is 0 Å². The van der Waals surface area contributed by atoms with Crippen LogP contribution in [-0.4, -0.2) is 31.2 Å². The number of ether oxygens (including phenoxy) is 1. The fourth-order valence-electron chi connectivity index (χ4n) is 1.44. The average Bonchev–Trinajstić information content (AvgIpc) is 2.27. The minimum absolute atomic E-state index is 0.775. The van der Waals surface area contributed by atoms with Gasteiger partial charge in [-0.15, -0.1) is 0 Å². The first kappa shape index (κ1) is 11.1. The van der Waals surface area contributed by atoms with E-state index in [1.54, 1.807) is 0 Å². The number of rotatable bonds is 3. The predicted octanol–water partition coefficient (Wildman–Crippen LogP) is 1.47. The van der Waals surface area contributed by atoms with Gasteiger partial charge in [-0.3, -0.25) is 0 Å². The lowest BCUT2D eigenvalue weighted by Crippen LogP contribution is -2.37. The summed E-state index contributed by atoms with van der Waals surface area (Å²) in [6, 6.07) is 0. The molecule has 1 fully saturated rings. The maximum atomic E-state index is 6.00. The summed E-state index contributed by atoms with van der Waals surface area (Å²) in [5, 5.41) is 0. The second-order valence-corrected chi connectivity index (χ2v) is 3.59. The van der Waals surface area contributed by atoms with Crippen molar-refractivity contribution in [2.75, 3.05) is 26.3 Å². The molecule has 0 amide bonds. The van der Waals surface area contributed by atoms with Gasteiger partial charge in [0.2, 0.25) is 0 Å². The number of hydrogen-bond donors (Lipinski definition) is 1. The Balaban J connectivity index is 2.63. The van der Waals surface area contributed by atoms with Gasteiger partial charge in [0, 0.05) is 13.1 Å². The van der Waals surface area contributed by atoms with E-state index in [0.29, 0.717) is 0 Å². The van der Waals surface area contributed by atoms with Crippen LogP contribution in [0.25, 0.3) is 0 Å². The molecule has 1 aliphatic heterocycles. The van der Waals surface area contributed by atoms with Gasteiger partial charge in [-0.1, -0.05) is 13.5 Å². The molecule has 3 nitrogen and oxygen atoms in total. The van der Waals surface area contributed by atoms with Crippen LogP contribution >= 0.6 is 0 Å². The number of hydrogen-bond acceptors (Lipinski definition) is 3. The van der Waals surface area contributed by atoms with E-state index in [4.69, 9.17) is 10.5 Å². The number of allylic oxidation sites excluding steroid dienone is 1. The summed E-state index contributed by atoms with van der Waals surface area (Å²) in [5.41, 5.74) is 9.00. The molecule has 0 spiro atoms. The second-order valence-electron chi connectivity index (χ2n) is 3.59. The molecular formula is C11H20N2O. The molecule has 0 aromatic carbocycles. The maximum Gasteiger partial charge on any atom is 0.0642 e. The van der Waals surface area contributed by atoms with E-state index in [1.807, 2.05) is 0 Å². The van der Waals surface area contributed by atoms with Crippen molar-refractivity contribution in [2.24, 2.45) is 5.73 Å². The first-order chi connectivity index (χ1) is 6.66. The van der Waals surface area contributed by atoms with E-state index >= 15 is 0 Å². The normalized spacial score (nSPS) is 19.1. The molecule has 0 aromatic rings. The quantitative estimate of drug-likeness (QED) is 0.695. The van der Waals surface area contributed by atoms with Gasteiger partial charge in [0.15, 0.2) is 0 Å². The summed E-state index contributed by atoms with van der Waals surface area (Å²) < 4.78 is 5.28. The van der Waals surface area contributed by atoms with E-state index in [9.17, 15) is 0 Å². The molecule has 0 unspecified atom stereocenters. The number of nitrogens with zero attached hydrogens (tertiary/aromatic N) is 1. The maximum absolute atomic E-state index is 6.00. The lowest BCUT2D eigenvalue weighted by Gasteiger charge is -2.31. The molecule has 80 valence electrons. The third kappa shape index (κ3) is 2.51. The van der Waals surface area contributed by atoms with E-state index in [0.717, 1.165) is 44.1 Å². The third-order valence-corrected chi connectivity index (χ3v) is 2.69. The summed E-state index contributed by atoms with van der Waals surface area (Å²) >= 11 is 0. The molecule has 0 aliphatic carbocycles. The van der Waals surface area contributed by atoms with Crippen molar-refractivity contribution in [3.05, 3.63) is 23.5 Å². The summed E-state index contributed by atoms with van der Waals surface area (Å²) in [6.07, 6.45) is 0.981. The predicted molar refractivity (Wildman–Crippen MR) is 58.7 cm³/mol. The van der Waals surface area contributed by atoms with E-state index in [-0.39, 0.29) is 0 Å². The van der Waals surface area contributed by atoms with Gasteiger partial charge in [-0.2, -0.15) is 0 Å². The summed E-state index contributed by atoms with van der Waals surface area (Å²) in [7, 11) is 0. The molecule has 0 bridgehead atoms. The Kier molecular flexibility index (Phi) is 4.01. The van der Waals surface area contributed by atoms with Crippen molar-refractivity contribution in [1.29, 1.82) is 0 Å². The zero-order chi connectivity index (χ0) is 10.6. The van der Waals surface area contributed by atoms with Gasteiger partial charge in [0.1, 0.15) is 0 Å².